The average molecular weight is 551 g/mol. The third kappa shape index (κ3) is 5.14. The molecule has 38 heavy (non-hydrogen) atoms. The molecule has 1 saturated carbocycles. The van der Waals surface area contributed by atoms with Crippen LogP contribution in [0.3, 0.4) is 0 Å². The molecule has 3 aromatic heterocycles. The zero-order valence-corrected chi connectivity index (χ0v) is 22.1. The van der Waals surface area contributed by atoms with Gasteiger partial charge >= 0.3 is 0 Å². The first-order chi connectivity index (χ1) is 18.5. The Bertz CT molecular complexity index is 1580. The molecule has 1 aliphatic rings. The Morgan fingerprint density at radius 2 is 1.97 bits per heavy atom. The van der Waals surface area contributed by atoms with Gasteiger partial charge in [-0.1, -0.05) is 46.6 Å². The maximum atomic E-state index is 6.90. The largest absolute Gasteiger partial charge is 0.492 e. The summed E-state index contributed by atoms with van der Waals surface area (Å²) in [5.74, 6) is 2.30. The van der Waals surface area contributed by atoms with Crippen LogP contribution in [-0.2, 0) is 13.0 Å². The number of tetrazole rings is 1. The van der Waals surface area contributed by atoms with Crippen molar-refractivity contribution in [2.75, 3.05) is 6.61 Å². The Balaban J connectivity index is 1.36. The highest BCUT2D eigenvalue weighted by atomic mass is 35.5. The number of hydrogen-bond acceptors (Lipinski definition) is 8. The van der Waals surface area contributed by atoms with Crippen molar-refractivity contribution in [3.63, 3.8) is 0 Å². The highest BCUT2D eigenvalue weighted by Crippen LogP contribution is 2.42. The first kappa shape index (κ1) is 24.6. The number of benzene rings is 2. The van der Waals surface area contributed by atoms with Gasteiger partial charge in [-0.15, -0.1) is 10.2 Å². The number of halogens is 2. The van der Waals surface area contributed by atoms with Gasteiger partial charge in [0, 0.05) is 17.0 Å². The number of fused-ring (bicyclic) bond motifs is 1. The molecular weight excluding hydrogens is 527 g/mol. The second kappa shape index (κ2) is 10.2. The lowest BCUT2D eigenvalue weighted by molar-refractivity contribution is 0.194. The molecule has 0 bridgehead atoms. The lowest BCUT2D eigenvalue weighted by Gasteiger charge is -2.13. The molecule has 0 radical (unpaired) electrons. The fraction of sp³-hybridized carbons (Fsp3) is 0.308. The van der Waals surface area contributed by atoms with Crippen molar-refractivity contribution < 1.29 is 9.47 Å². The van der Waals surface area contributed by atoms with E-state index in [0.29, 0.717) is 76.0 Å². The Morgan fingerprint density at radius 3 is 2.76 bits per heavy atom. The van der Waals surface area contributed by atoms with Crippen molar-refractivity contribution in [1.29, 1.82) is 0 Å². The van der Waals surface area contributed by atoms with Gasteiger partial charge in [-0.3, -0.25) is 0 Å². The molecule has 0 saturated heterocycles. The second-order valence-electron chi connectivity index (χ2n) is 9.45. The number of aromatic nitrogens is 8. The van der Waals surface area contributed by atoms with Gasteiger partial charge in [0.25, 0.3) is 0 Å². The summed E-state index contributed by atoms with van der Waals surface area (Å²) in [7, 11) is 0. The summed E-state index contributed by atoms with van der Waals surface area (Å²) in [6.07, 6.45) is 4.82. The highest BCUT2D eigenvalue weighted by Gasteiger charge is 2.41. The van der Waals surface area contributed by atoms with Crippen LogP contribution in [0.15, 0.2) is 48.8 Å². The summed E-state index contributed by atoms with van der Waals surface area (Å²) in [6.45, 7) is 2.99. The van der Waals surface area contributed by atoms with Crippen LogP contribution in [0, 0.1) is 0 Å². The van der Waals surface area contributed by atoms with Crippen LogP contribution in [0.25, 0.3) is 22.6 Å². The van der Waals surface area contributed by atoms with Crippen molar-refractivity contribution in [3.05, 3.63) is 70.2 Å². The van der Waals surface area contributed by atoms with E-state index < -0.39 is 0 Å². The van der Waals surface area contributed by atoms with Gasteiger partial charge in [0.1, 0.15) is 23.5 Å². The molecule has 0 atom stereocenters. The van der Waals surface area contributed by atoms with E-state index in [1.165, 1.54) is 6.33 Å². The van der Waals surface area contributed by atoms with Crippen LogP contribution in [0.4, 0.5) is 0 Å². The molecule has 2 aromatic carbocycles. The average Bonchev–Trinajstić information content (AvgIpc) is 3.27. The standard InChI is InChI=1S/C26H24Cl2N8O2/c1-26(10-11-26)38-25-22-24(29-15-30-25)36(14-16-5-2-6-17(27)13-16)23(31-22)18-7-3-8-19(21(18)28)37-12-4-9-20-32-34-35-33-20/h2-3,5-8,13,15H,4,9-12,14H2,1H3,(H,32,33,34,35). The Labute approximate surface area is 228 Å². The van der Waals surface area contributed by atoms with Gasteiger partial charge in [-0.2, -0.15) is 10.2 Å². The van der Waals surface area contributed by atoms with Gasteiger partial charge in [-0.05, 0) is 56.0 Å². The number of rotatable bonds is 10. The SMILES string of the molecule is CC1(Oc2ncnc3c2nc(-c2cccc(OCCCc4nn[nH]n4)c2Cl)n3Cc2cccc(Cl)c2)CC1. The lowest BCUT2D eigenvalue weighted by atomic mass is 10.1. The van der Waals surface area contributed by atoms with E-state index in [2.05, 4.69) is 37.5 Å². The number of aromatic amines is 1. The maximum absolute atomic E-state index is 6.90. The van der Waals surface area contributed by atoms with E-state index >= 15 is 0 Å². The topological polar surface area (TPSA) is 117 Å². The van der Waals surface area contributed by atoms with Crippen molar-refractivity contribution in [3.8, 4) is 23.0 Å². The molecule has 5 aromatic rings. The van der Waals surface area contributed by atoms with Gasteiger partial charge in [0.15, 0.2) is 17.0 Å². The van der Waals surface area contributed by atoms with Crippen molar-refractivity contribution in [2.45, 2.75) is 44.8 Å². The molecule has 194 valence electrons. The van der Waals surface area contributed by atoms with E-state index in [4.69, 9.17) is 37.7 Å². The Morgan fingerprint density at radius 1 is 1.11 bits per heavy atom. The summed E-state index contributed by atoms with van der Waals surface area (Å²) in [5, 5.41) is 15.1. The van der Waals surface area contributed by atoms with E-state index in [9.17, 15) is 0 Å². The molecule has 0 aliphatic heterocycles. The minimum Gasteiger partial charge on any atom is -0.492 e. The zero-order chi connectivity index (χ0) is 26.1. The summed E-state index contributed by atoms with van der Waals surface area (Å²) in [6, 6.07) is 13.4. The van der Waals surface area contributed by atoms with Crippen LogP contribution < -0.4 is 9.47 Å². The molecule has 3 heterocycles. The fourth-order valence-corrected chi connectivity index (χ4v) is 4.65. The molecule has 1 fully saturated rings. The minimum atomic E-state index is -0.217. The minimum absolute atomic E-state index is 0.217. The molecular formula is C26H24Cl2N8O2. The van der Waals surface area contributed by atoms with Gasteiger partial charge < -0.3 is 14.0 Å². The predicted octanol–water partition coefficient (Wildman–Crippen LogP) is 5.30. The number of ether oxygens (including phenoxy) is 2. The molecule has 1 aliphatic carbocycles. The molecule has 6 rings (SSSR count). The zero-order valence-electron chi connectivity index (χ0n) is 20.6. The molecule has 1 N–H and O–H groups in total. The number of hydrogen-bond donors (Lipinski definition) is 1. The molecule has 0 unspecified atom stereocenters. The van der Waals surface area contributed by atoms with Crippen LogP contribution in [0.1, 0.15) is 37.6 Å². The van der Waals surface area contributed by atoms with Crippen molar-refractivity contribution in [2.24, 2.45) is 0 Å². The number of nitrogens with zero attached hydrogens (tertiary/aromatic N) is 7. The van der Waals surface area contributed by atoms with Gasteiger partial charge in [-0.25, -0.2) is 9.97 Å². The van der Waals surface area contributed by atoms with E-state index in [-0.39, 0.29) is 5.60 Å². The molecule has 10 nitrogen and oxygen atoms in total. The Hall–Kier alpha value is -3.76. The predicted molar refractivity (Wildman–Crippen MR) is 143 cm³/mol. The number of aryl methyl sites for hydroxylation is 1. The van der Waals surface area contributed by atoms with Gasteiger partial charge in [0.05, 0.1) is 18.2 Å². The third-order valence-corrected chi connectivity index (χ3v) is 7.05. The highest BCUT2D eigenvalue weighted by molar-refractivity contribution is 6.34. The summed E-state index contributed by atoms with van der Waals surface area (Å²) in [4.78, 5) is 13.9. The number of H-pyrrole nitrogens is 1. The van der Waals surface area contributed by atoms with Crippen LogP contribution >= 0.6 is 23.2 Å². The van der Waals surface area contributed by atoms with Crippen LogP contribution in [0.2, 0.25) is 10.0 Å². The number of nitrogens with one attached hydrogen (secondary N) is 1. The van der Waals surface area contributed by atoms with Crippen molar-refractivity contribution in [1.82, 2.24) is 40.1 Å². The Kier molecular flexibility index (Phi) is 6.59. The molecule has 0 amide bonds. The summed E-state index contributed by atoms with van der Waals surface area (Å²) < 4.78 is 14.3. The first-order valence-corrected chi connectivity index (χ1v) is 13.0. The second-order valence-corrected chi connectivity index (χ2v) is 10.3. The van der Waals surface area contributed by atoms with E-state index in [0.717, 1.165) is 18.4 Å². The van der Waals surface area contributed by atoms with Gasteiger partial charge in [0.2, 0.25) is 5.88 Å². The molecule has 0 spiro atoms. The summed E-state index contributed by atoms with van der Waals surface area (Å²) in [5.41, 5.74) is 2.73. The van der Waals surface area contributed by atoms with E-state index in [1.807, 2.05) is 47.0 Å². The summed E-state index contributed by atoms with van der Waals surface area (Å²) >= 11 is 13.2. The smallest absolute Gasteiger partial charge is 0.245 e. The number of imidazole rings is 1. The van der Waals surface area contributed by atoms with Crippen molar-refractivity contribution >= 4 is 34.4 Å². The monoisotopic (exact) mass is 550 g/mol. The van der Waals surface area contributed by atoms with E-state index in [1.54, 1.807) is 0 Å². The lowest BCUT2D eigenvalue weighted by Crippen LogP contribution is -2.13. The maximum Gasteiger partial charge on any atom is 0.245 e. The normalized spacial score (nSPS) is 14.1. The van der Waals surface area contributed by atoms with Crippen LogP contribution in [0.5, 0.6) is 11.6 Å². The first-order valence-electron chi connectivity index (χ1n) is 12.3. The van der Waals surface area contributed by atoms with Crippen LogP contribution in [-0.4, -0.2) is 52.4 Å². The third-order valence-electron chi connectivity index (χ3n) is 6.42. The quantitative estimate of drug-likeness (QED) is 0.232. The molecule has 12 heteroatoms. The fourth-order valence-electron chi connectivity index (χ4n) is 4.17.